The van der Waals surface area contributed by atoms with E-state index in [9.17, 15) is 4.79 Å². The van der Waals surface area contributed by atoms with Crippen LogP contribution in [0, 0.1) is 5.92 Å². The number of hydrogen-bond donors (Lipinski definition) is 0. The van der Waals surface area contributed by atoms with Crippen molar-refractivity contribution < 1.29 is 9.53 Å². The van der Waals surface area contributed by atoms with Crippen molar-refractivity contribution in [2.45, 2.75) is 71.3 Å². The standard InChI is InChI=1S/C22H35NO2/c1-5-13-23(14-6-2)21(24)16-20(18-10-8-7-9-11-18)19-12-15-25-22(3,4)17-19/h7-11,19-20H,5-6,12-17H2,1-4H3/t19-,20+/m0/s1. The lowest BCUT2D eigenvalue weighted by Crippen LogP contribution is -2.39. The molecule has 1 aromatic rings. The predicted molar refractivity (Wildman–Crippen MR) is 104 cm³/mol. The molecule has 0 saturated carbocycles. The van der Waals surface area contributed by atoms with Gasteiger partial charge in [-0.2, -0.15) is 0 Å². The third-order valence-electron chi connectivity index (χ3n) is 5.27. The van der Waals surface area contributed by atoms with Crippen molar-refractivity contribution in [3.63, 3.8) is 0 Å². The van der Waals surface area contributed by atoms with Gasteiger partial charge in [-0.15, -0.1) is 0 Å². The summed E-state index contributed by atoms with van der Waals surface area (Å²) in [6, 6.07) is 10.6. The number of carbonyl (C=O) groups excluding carboxylic acids is 1. The number of nitrogens with zero attached hydrogens (tertiary/aromatic N) is 1. The molecule has 1 heterocycles. The summed E-state index contributed by atoms with van der Waals surface area (Å²) in [7, 11) is 0. The van der Waals surface area contributed by atoms with E-state index >= 15 is 0 Å². The zero-order valence-electron chi connectivity index (χ0n) is 16.5. The molecule has 0 spiro atoms. The number of benzene rings is 1. The first-order valence-electron chi connectivity index (χ1n) is 9.93. The summed E-state index contributed by atoms with van der Waals surface area (Å²) >= 11 is 0. The SMILES string of the molecule is CCCN(CCC)C(=O)C[C@H](c1ccccc1)[C@H]1CCOC(C)(C)C1. The topological polar surface area (TPSA) is 29.5 Å². The van der Waals surface area contributed by atoms with Crippen LogP contribution in [0.5, 0.6) is 0 Å². The molecule has 2 atom stereocenters. The number of carbonyl (C=O) groups is 1. The molecule has 0 N–H and O–H groups in total. The van der Waals surface area contributed by atoms with Crippen LogP contribution in [0.1, 0.15) is 71.3 Å². The number of ether oxygens (including phenoxy) is 1. The van der Waals surface area contributed by atoms with Crippen molar-refractivity contribution in [3.05, 3.63) is 35.9 Å². The molecule has 2 rings (SSSR count). The van der Waals surface area contributed by atoms with Crippen LogP contribution in [-0.4, -0.2) is 36.1 Å². The maximum Gasteiger partial charge on any atom is 0.223 e. The lowest BCUT2D eigenvalue weighted by atomic mass is 9.75. The second-order valence-electron chi connectivity index (χ2n) is 7.96. The molecule has 0 unspecified atom stereocenters. The van der Waals surface area contributed by atoms with Gasteiger partial charge in [0.1, 0.15) is 0 Å². The van der Waals surface area contributed by atoms with Crippen molar-refractivity contribution in [2.75, 3.05) is 19.7 Å². The molecule has 1 saturated heterocycles. The molecule has 3 nitrogen and oxygen atoms in total. The van der Waals surface area contributed by atoms with E-state index in [2.05, 4.69) is 62.9 Å². The maximum atomic E-state index is 13.0. The molecule has 140 valence electrons. The third-order valence-corrected chi connectivity index (χ3v) is 5.27. The molecule has 1 fully saturated rings. The predicted octanol–water partition coefficient (Wildman–Crippen LogP) is 5.01. The Balaban J connectivity index is 2.18. The second kappa shape index (κ2) is 9.38. The Kier molecular flexibility index (Phi) is 7.49. The fraction of sp³-hybridized carbons (Fsp3) is 0.682. The van der Waals surface area contributed by atoms with E-state index in [0.29, 0.717) is 18.2 Å². The van der Waals surface area contributed by atoms with Crippen molar-refractivity contribution in [3.8, 4) is 0 Å². The molecule has 1 aliphatic rings. The Hall–Kier alpha value is -1.35. The van der Waals surface area contributed by atoms with Gasteiger partial charge in [-0.05, 0) is 56.9 Å². The summed E-state index contributed by atoms with van der Waals surface area (Å²) in [5, 5.41) is 0. The minimum atomic E-state index is -0.0917. The van der Waals surface area contributed by atoms with Crippen LogP contribution in [-0.2, 0) is 9.53 Å². The first-order chi connectivity index (χ1) is 12.0. The molecule has 25 heavy (non-hydrogen) atoms. The first-order valence-corrected chi connectivity index (χ1v) is 9.93. The molecule has 1 aliphatic heterocycles. The maximum absolute atomic E-state index is 13.0. The van der Waals surface area contributed by atoms with Crippen molar-refractivity contribution in [1.29, 1.82) is 0 Å². The fourth-order valence-electron chi connectivity index (χ4n) is 4.10. The van der Waals surface area contributed by atoms with Crippen molar-refractivity contribution >= 4 is 5.91 Å². The minimum Gasteiger partial charge on any atom is -0.376 e. The lowest BCUT2D eigenvalue weighted by Gasteiger charge is -2.39. The van der Waals surface area contributed by atoms with Gasteiger partial charge in [-0.1, -0.05) is 44.2 Å². The monoisotopic (exact) mass is 345 g/mol. The Morgan fingerprint density at radius 3 is 2.40 bits per heavy atom. The third kappa shape index (κ3) is 5.85. The van der Waals surface area contributed by atoms with Crippen LogP contribution in [0.3, 0.4) is 0 Å². The highest BCUT2D eigenvalue weighted by molar-refractivity contribution is 5.77. The summed E-state index contributed by atoms with van der Waals surface area (Å²) in [4.78, 5) is 15.1. The largest absolute Gasteiger partial charge is 0.376 e. The van der Waals surface area contributed by atoms with E-state index < -0.39 is 0 Å². The highest BCUT2D eigenvalue weighted by Gasteiger charge is 2.35. The summed E-state index contributed by atoms with van der Waals surface area (Å²) < 4.78 is 5.92. The Morgan fingerprint density at radius 1 is 1.20 bits per heavy atom. The molecule has 0 radical (unpaired) electrons. The van der Waals surface area contributed by atoms with Crippen LogP contribution >= 0.6 is 0 Å². The van der Waals surface area contributed by atoms with E-state index in [1.54, 1.807) is 0 Å². The highest BCUT2D eigenvalue weighted by atomic mass is 16.5. The van der Waals surface area contributed by atoms with Gasteiger partial charge in [0.25, 0.3) is 0 Å². The molecule has 3 heteroatoms. The first kappa shape index (κ1) is 20.0. The number of hydrogen-bond acceptors (Lipinski definition) is 2. The van der Waals surface area contributed by atoms with E-state index in [-0.39, 0.29) is 11.5 Å². The van der Waals surface area contributed by atoms with E-state index in [4.69, 9.17) is 4.74 Å². The van der Waals surface area contributed by atoms with Crippen LogP contribution in [0.25, 0.3) is 0 Å². The van der Waals surface area contributed by atoms with E-state index in [0.717, 1.165) is 45.4 Å². The molecule has 0 aromatic heterocycles. The average molecular weight is 346 g/mol. The summed E-state index contributed by atoms with van der Waals surface area (Å²) in [6.45, 7) is 11.2. The van der Waals surface area contributed by atoms with E-state index in [1.165, 1.54) is 5.56 Å². The van der Waals surface area contributed by atoms with Crippen LogP contribution in [0.15, 0.2) is 30.3 Å². The average Bonchev–Trinajstić information content (AvgIpc) is 2.59. The molecular weight excluding hydrogens is 310 g/mol. The van der Waals surface area contributed by atoms with Gasteiger partial charge in [0.05, 0.1) is 5.60 Å². The van der Waals surface area contributed by atoms with Gasteiger partial charge in [0.15, 0.2) is 0 Å². The van der Waals surface area contributed by atoms with Crippen molar-refractivity contribution in [1.82, 2.24) is 4.90 Å². The van der Waals surface area contributed by atoms with Gasteiger partial charge in [-0.3, -0.25) is 4.79 Å². The summed E-state index contributed by atoms with van der Waals surface area (Å²) in [6.07, 6.45) is 4.71. The van der Waals surface area contributed by atoms with Crippen molar-refractivity contribution in [2.24, 2.45) is 5.92 Å². The second-order valence-corrected chi connectivity index (χ2v) is 7.96. The van der Waals surface area contributed by atoms with Gasteiger partial charge in [0, 0.05) is 26.1 Å². The molecule has 1 aromatic carbocycles. The smallest absolute Gasteiger partial charge is 0.223 e. The summed E-state index contributed by atoms with van der Waals surface area (Å²) in [5.74, 6) is 1.09. The molecule has 0 bridgehead atoms. The molecular formula is C22H35NO2. The van der Waals surface area contributed by atoms with Crippen LogP contribution < -0.4 is 0 Å². The number of amides is 1. The van der Waals surface area contributed by atoms with Gasteiger partial charge in [-0.25, -0.2) is 0 Å². The fourth-order valence-corrected chi connectivity index (χ4v) is 4.10. The quantitative estimate of drug-likeness (QED) is 0.662. The molecule has 0 aliphatic carbocycles. The zero-order valence-corrected chi connectivity index (χ0v) is 16.5. The Bertz CT molecular complexity index is 520. The summed E-state index contributed by atoms with van der Waals surface area (Å²) in [5.41, 5.74) is 1.21. The zero-order chi connectivity index (χ0) is 18.3. The normalized spacial score (nSPS) is 20.9. The Labute approximate surface area is 153 Å². The van der Waals surface area contributed by atoms with Gasteiger partial charge < -0.3 is 9.64 Å². The van der Waals surface area contributed by atoms with E-state index in [1.807, 2.05) is 0 Å². The van der Waals surface area contributed by atoms with Crippen LogP contribution in [0.2, 0.25) is 0 Å². The number of rotatable bonds is 8. The van der Waals surface area contributed by atoms with Gasteiger partial charge in [0.2, 0.25) is 5.91 Å². The highest BCUT2D eigenvalue weighted by Crippen LogP contribution is 2.40. The van der Waals surface area contributed by atoms with Gasteiger partial charge >= 0.3 is 0 Å². The minimum absolute atomic E-state index is 0.0917. The van der Waals surface area contributed by atoms with Crippen LogP contribution in [0.4, 0.5) is 0 Å². The Morgan fingerprint density at radius 2 is 1.84 bits per heavy atom. The lowest BCUT2D eigenvalue weighted by molar-refractivity contribution is -0.133. The molecule has 1 amide bonds.